The van der Waals surface area contributed by atoms with Crippen molar-refractivity contribution in [3.05, 3.63) is 46.7 Å². The summed E-state index contributed by atoms with van der Waals surface area (Å²) >= 11 is 5.79. The zero-order valence-electron chi connectivity index (χ0n) is 9.93. The highest BCUT2D eigenvalue weighted by Gasteiger charge is 2.08. The van der Waals surface area contributed by atoms with E-state index in [9.17, 15) is 4.79 Å². The third kappa shape index (κ3) is 3.30. The summed E-state index contributed by atoms with van der Waals surface area (Å²) in [4.78, 5) is 11.7. The predicted octanol–water partition coefficient (Wildman–Crippen LogP) is 1.44. The molecule has 1 amide bonds. The van der Waals surface area contributed by atoms with Crippen LogP contribution in [0.5, 0.6) is 0 Å². The number of halogens is 1. The van der Waals surface area contributed by atoms with Crippen LogP contribution >= 0.6 is 11.6 Å². The standard InChI is InChI=1S/C12H13ClN4O/c1-17-8-11(15-16-17)12(18)14-7-6-9-2-4-10(13)5-3-9/h2-5,8H,6-7H2,1H3,(H,14,18). The average molecular weight is 265 g/mol. The molecule has 0 aliphatic rings. The molecule has 0 saturated carbocycles. The van der Waals surface area contributed by atoms with E-state index in [1.54, 1.807) is 13.2 Å². The Balaban J connectivity index is 1.82. The van der Waals surface area contributed by atoms with Gasteiger partial charge >= 0.3 is 0 Å². The summed E-state index contributed by atoms with van der Waals surface area (Å²) in [5.41, 5.74) is 1.45. The van der Waals surface area contributed by atoms with Gasteiger partial charge in [-0.2, -0.15) is 0 Å². The number of nitrogens with zero attached hydrogens (tertiary/aromatic N) is 3. The lowest BCUT2D eigenvalue weighted by Crippen LogP contribution is -2.26. The number of rotatable bonds is 4. The fourth-order valence-electron chi connectivity index (χ4n) is 1.51. The van der Waals surface area contributed by atoms with Gasteiger partial charge in [0.15, 0.2) is 5.69 Å². The summed E-state index contributed by atoms with van der Waals surface area (Å²) < 4.78 is 1.49. The van der Waals surface area contributed by atoms with E-state index < -0.39 is 0 Å². The quantitative estimate of drug-likeness (QED) is 0.909. The molecular formula is C12H13ClN4O. The third-order valence-electron chi connectivity index (χ3n) is 2.45. The van der Waals surface area contributed by atoms with Crippen LogP contribution in [0.3, 0.4) is 0 Å². The van der Waals surface area contributed by atoms with Crippen molar-refractivity contribution in [2.45, 2.75) is 6.42 Å². The molecule has 0 aliphatic carbocycles. The number of nitrogens with one attached hydrogen (secondary N) is 1. The van der Waals surface area contributed by atoms with E-state index in [0.29, 0.717) is 17.3 Å². The van der Waals surface area contributed by atoms with Crippen LogP contribution in [-0.2, 0) is 13.5 Å². The first-order chi connectivity index (χ1) is 8.65. The van der Waals surface area contributed by atoms with Crippen molar-refractivity contribution < 1.29 is 4.79 Å². The van der Waals surface area contributed by atoms with Gasteiger partial charge in [0, 0.05) is 18.6 Å². The first-order valence-electron chi connectivity index (χ1n) is 5.54. The minimum absolute atomic E-state index is 0.211. The maximum Gasteiger partial charge on any atom is 0.273 e. The molecule has 1 aromatic heterocycles. The molecule has 0 saturated heterocycles. The van der Waals surface area contributed by atoms with Gasteiger partial charge in [-0.3, -0.25) is 9.48 Å². The number of hydrogen-bond donors (Lipinski definition) is 1. The number of carbonyl (C=O) groups excluding carboxylic acids is 1. The fraction of sp³-hybridized carbons (Fsp3) is 0.250. The Labute approximate surface area is 110 Å². The molecule has 0 spiro atoms. The number of hydrogen-bond acceptors (Lipinski definition) is 3. The molecule has 1 aromatic carbocycles. The minimum Gasteiger partial charge on any atom is -0.350 e. The Bertz CT molecular complexity index is 535. The Morgan fingerprint density at radius 1 is 1.39 bits per heavy atom. The lowest BCUT2D eigenvalue weighted by atomic mass is 10.1. The highest BCUT2D eigenvalue weighted by atomic mass is 35.5. The summed E-state index contributed by atoms with van der Waals surface area (Å²) in [6, 6.07) is 7.55. The summed E-state index contributed by atoms with van der Waals surface area (Å²) in [5, 5.41) is 10.9. The van der Waals surface area contributed by atoms with Crippen LogP contribution < -0.4 is 5.32 Å². The van der Waals surface area contributed by atoms with Crippen molar-refractivity contribution in [2.24, 2.45) is 7.05 Å². The second kappa shape index (κ2) is 5.64. The molecule has 0 unspecified atom stereocenters. The van der Waals surface area contributed by atoms with E-state index in [2.05, 4.69) is 15.6 Å². The van der Waals surface area contributed by atoms with Crippen molar-refractivity contribution >= 4 is 17.5 Å². The summed E-state index contributed by atoms with van der Waals surface area (Å²) in [7, 11) is 1.72. The molecular weight excluding hydrogens is 252 g/mol. The molecule has 0 bridgehead atoms. The fourth-order valence-corrected chi connectivity index (χ4v) is 1.64. The maximum atomic E-state index is 11.7. The van der Waals surface area contributed by atoms with Gasteiger partial charge in [0.2, 0.25) is 0 Å². The highest BCUT2D eigenvalue weighted by Crippen LogP contribution is 2.09. The van der Waals surface area contributed by atoms with E-state index in [0.717, 1.165) is 12.0 Å². The van der Waals surface area contributed by atoms with Crippen LogP contribution in [0.25, 0.3) is 0 Å². The topological polar surface area (TPSA) is 59.8 Å². The number of aryl methyl sites for hydroxylation is 1. The van der Waals surface area contributed by atoms with Crippen LogP contribution in [0.1, 0.15) is 16.1 Å². The molecule has 1 N–H and O–H groups in total. The number of amides is 1. The van der Waals surface area contributed by atoms with Gasteiger partial charge in [-0.25, -0.2) is 0 Å². The molecule has 2 aromatic rings. The number of carbonyl (C=O) groups is 1. The monoisotopic (exact) mass is 264 g/mol. The Kier molecular flexibility index (Phi) is 3.94. The van der Waals surface area contributed by atoms with E-state index in [1.807, 2.05) is 24.3 Å². The average Bonchev–Trinajstić information content (AvgIpc) is 2.78. The van der Waals surface area contributed by atoms with Crippen molar-refractivity contribution in [1.82, 2.24) is 20.3 Å². The van der Waals surface area contributed by atoms with Crippen LogP contribution in [0.2, 0.25) is 5.02 Å². The van der Waals surface area contributed by atoms with Crippen LogP contribution in [0.4, 0.5) is 0 Å². The van der Waals surface area contributed by atoms with Gasteiger partial charge in [0.1, 0.15) is 0 Å². The first kappa shape index (κ1) is 12.6. The molecule has 94 valence electrons. The molecule has 0 fully saturated rings. The molecule has 0 radical (unpaired) electrons. The number of aromatic nitrogens is 3. The molecule has 6 heteroatoms. The van der Waals surface area contributed by atoms with Crippen LogP contribution in [0.15, 0.2) is 30.5 Å². The normalized spacial score (nSPS) is 10.3. The predicted molar refractivity (Wildman–Crippen MR) is 68.5 cm³/mol. The molecule has 2 rings (SSSR count). The first-order valence-corrected chi connectivity index (χ1v) is 5.92. The zero-order valence-corrected chi connectivity index (χ0v) is 10.7. The van der Waals surface area contributed by atoms with Crippen molar-refractivity contribution in [2.75, 3.05) is 6.54 Å². The summed E-state index contributed by atoms with van der Waals surface area (Å²) in [6.45, 7) is 0.553. The molecule has 0 atom stereocenters. The summed E-state index contributed by atoms with van der Waals surface area (Å²) in [5.74, 6) is -0.211. The van der Waals surface area contributed by atoms with E-state index in [4.69, 9.17) is 11.6 Å². The Morgan fingerprint density at radius 3 is 2.72 bits per heavy atom. The molecule has 5 nitrogen and oxygen atoms in total. The van der Waals surface area contributed by atoms with Gasteiger partial charge in [0.05, 0.1) is 6.20 Å². The van der Waals surface area contributed by atoms with Gasteiger partial charge in [0.25, 0.3) is 5.91 Å². The number of benzene rings is 1. The Hall–Kier alpha value is -1.88. The van der Waals surface area contributed by atoms with E-state index in [1.165, 1.54) is 4.68 Å². The lowest BCUT2D eigenvalue weighted by molar-refractivity contribution is 0.0949. The van der Waals surface area contributed by atoms with Gasteiger partial charge < -0.3 is 5.32 Å². The summed E-state index contributed by atoms with van der Waals surface area (Å²) in [6.07, 6.45) is 2.33. The highest BCUT2D eigenvalue weighted by molar-refractivity contribution is 6.30. The SMILES string of the molecule is Cn1cc(C(=O)NCCc2ccc(Cl)cc2)nn1. The van der Waals surface area contributed by atoms with Crippen LogP contribution in [0, 0.1) is 0 Å². The van der Waals surface area contributed by atoms with Gasteiger partial charge in [-0.1, -0.05) is 28.9 Å². The van der Waals surface area contributed by atoms with E-state index in [-0.39, 0.29) is 5.91 Å². The third-order valence-corrected chi connectivity index (χ3v) is 2.70. The van der Waals surface area contributed by atoms with Crippen molar-refractivity contribution in [1.29, 1.82) is 0 Å². The molecule has 18 heavy (non-hydrogen) atoms. The Morgan fingerprint density at radius 2 is 2.11 bits per heavy atom. The second-order valence-electron chi connectivity index (χ2n) is 3.91. The maximum absolute atomic E-state index is 11.7. The van der Waals surface area contributed by atoms with Crippen molar-refractivity contribution in [3.63, 3.8) is 0 Å². The van der Waals surface area contributed by atoms with Crippen molar-refractivity contribution in [3.8, 4) is 0 Å². The van der Waals surface area contributed by atoms with E-state index >= 15 is 0 Å². The minimum atomic E-state index is -0.211. The molecule has 1 heterocycles. The molecule has 0 aliphatic heterocycles. The smallest absolute Gasteiger partial charge is 0.273 e. The lowest BCUT2D eigenvalue weighted by Gasteiger charge is -2.03. The van der Waals surface area contributed by atoms with Gasteiger partial charge in [-0.15, -0.1) is 5.10 Å². The largest absolute Gasteiger partial charge is 0.350 e. The second-order valence-corrected chi connectivity index (χ2v) is 4.35. The van der Waals surface area contributed by atoms with Gasteiger partial charge in [-0.05, 0) is 24.1 Å². The zero-order chi connectivity index (χ0) is 13.0. The van der Waals surface area contributed by atoms with Crippen LogP contribution in [-0.4, -0.2) is 27.4 Å².